The SMILES string of the molecule is O=C(Br)Cc1cccc(C(F)(F)F)c1. The molecular weight excluding hydrogens is 261 g/mol. The lowest BCUT2D eigenvalue weighted by molar-refractivity contribution is -0.137. The summed E-state index contributed by atoms with van der Waals surface area (Å²) in [4.78, 5) is 10.6. The number of carbonyl (C=O) groups excluding carboxylic acids is 1. The molecule has 0 amide bonds. The number of halogens is 4. The highest BCUT2D eigenvalue weighted by Gasteiger charge is 2.30. The molecule has 0 aliphatic heterocycles. The van der Waals surface area contributed by atoms with Crippen LogP contribution in [0.1, 0.15) is 11.1 Å². The van der Waals surface area contributed by atoms with Crippen LogP contribution in [0.15, 0.2) is 24.3 Å². The summed E-state index contributed by atoms with van der Waals surface area (Å²) in [5.41, 5.74) is -0.384. The molecule has 0 N–H and O–H groups in total. The first kappa shape index (κ1) is 11.2. The summed E-state index contributed by atoms with van der Waals surface area (Å²) in [6.45, 7) is 0. The van der Waals surface area contributed by atoms with Crippen molar-refractivity contribution in [1.82, 2.24) is 0 Å². The number of alkyl halides is 3. The van der Waals surface area contributed by atoms with Crippen molar-refractivity contribution in [3.05, 3.63) is 35.4 Å². The van der Waals surface area contributed by atoms with Crippen molar-refractivity contribution in [3.63, 3.8) is 0 Å². The predicted molar refractivity (Wildman–Crippen MR) is 49.1 cm³/mol. The zero-order valence-corrected chi connectivity index (χ0v) is 8.52. The Balaban J connectivity index is 2.95. The summed E-state index contributed by atoms with van der Waals surface area (Å²) in [6, 6.07) is 4.71. The first-order valence-electron chi connectivity index (χ1n) is 3.74. The fraction of sp³-hybridized carbons (Fsp3) is 0.222. The van der Waals surface area contributed by atoms with Crippen LogP contribution in [0.5, 0.6) is 0 Å². The predicted octanol–water partition coefficient (Wildman–Crippen LogP) is 3.17. The maximum Gasteiger partial charge on any atom is 0.416 e. The molecular formula is C9H6BrF3O. The van der Waals surface area contributed by atoms with E-state index >= 15 is 0 Å². The maximum absolute atomic E-state index is 12.2. The molecule has 0 bridgehead atoms. The number of carbonyl (C=O) groups is 1. The minimum Gasteiger partial charge on any atom is -0.286 e. The molecule has 0 aromatic heterocycles. The molecule has 1 nitrogen and oxygen atoms in total. The second kappa shape index (κ2) is 4.13. The molecule has 0 spiro atoms. The van der Waals surface area contributed by atoms with Crippen molar-refractivity contribution in [1.29, 1.82) is 0 Å². The van der Waals surface area contributed by atoms with E-state index in [1.807, 2.05) is 0 Å². The van der Waals surface area contributed by atoms with Crippen molar-refractivity contribution < 1.29 is 18.0 Å². The Morgan fingerprint density at radius 2 is 2.00 bits per heavy atom. The Kier molecular flexibility index (Phi) is 3.31. The fourth-order valence-corrected chi connectivity index (χ4v) is 1.34. The molecule has 0 aliphatic rings. The number of rotatable bonds is 2. The lowest BCUT2D eigenvalue weighted by atomic mass is 10.1. The lowest BCUT2D eigenvalue weighted by Crippen LogP contribution is -2.05. The molecule has 0 radical (unpaired) electrons. The molecule has 0 unspecified atom stereocenters. The van der Waals surface area contributed by atoms with Crippen LogP contribution in [0.3, 0.4) is 0 Å². The van der Waals surface area contributed by atoms with Gasteiger partial charge in [0.1, 0.15) is 0 Å². The van der Waals surface area contributed by atoms with E-state index < -0.39 is 11.7 Å². The van der Waals surface area contributed by atoms with Crippen LogP contribution in [0.4, 0.5) is 13.2 Å². The summed E-state index contributed by atoms with van der Waals surface area (Å²) in [7, 11) is 0. The van der Waals surface area contributed by atoms with E-state index in [0.29, 0.717) is 5.56 Å². The molecule has 0 fully saturated rings. The third kappa shape index (κ3) is 3.14. The summed E-state index contributed by atoms with van der Waals surface area (Å²) < 4.78 is 36.3. The third-order valence-corrected chi connectivity index (χ3v) is 1.88. The van der Waals surface area contributed by atoms with Gasteiger partial charge in [-0.05, 0) is 27.6 Å². The van der Waals surface area contributed by atoms with Crippen LogP contribution in [0, 0.1) is 0 Å². The average molecular weight is 267 g/mol. The summed E-state index contributed by atoms with van der Waals surface area (Å²) in [5.74, 6) is 0. The molecule has 0 saturated heterocycles. The number of hydrogen-bond acceptors (Lipinski definition) is 1. The first-order chi connectivity index (χ1) is 6.39. The highest BCUT2D eigenvalue weighted by atomic mass is 79.9. The van der Waals surface area contributed by atoms with Gasteiger partial charge in [0.2, 0.25) is 4.69 Å². The highest BCUT2D eigenvalue weighted by Crippen LogP contribution is 2.29. The van der Waals surface area contributed by atoms with E-state index in [9.17, 15) is 18.0 Å². The highest BCUT2D eigenvalue weighted by molar-refractivity contribution is 9.18. The smallest absolute Gasteiger partial charge is 0.286 e. The molecule has 0 saturated carbocycles. The molecule has 1 aromatic carbocycles. The van der Waals surface area contributed by atoms with Crippen molar-refractivity contribution in [2.45, 2.75) is 12.6 Å². The molecule has 1 aromatic rings. The summed E-state index contributed by atoms with van der Waals surface area (Å²) >= 11 is 2.67. The zero-order valence-electron chi connectivity index (χ0n) is 6.94. The van der Waals surface area contributed by atoms with Gasteiger partial charge >= 0.3 is 6.18 Å². The van der Waals surface area contributed by atoms with Crippen LogP contribution < -0.4 is 0 Å². The van der Waals surface area contributed by atoms with Gasteiger partial charge < -0.3 is 0 Å². The zero-order chi connectivity index (χ0) is 10.8. The Labute approximate surface area is 87.1 Å². The van der Waals surface area contributed by atoms with Gasteiger partial charge in [0, 0.05) is 6.42 Å². The van der Waals surface area contributed by atoms with Crippen molar-refractivity contribution >= 4 is 20.6 Å². The number of hydrogen-bond donors (Lipinski definition) is 0. The molecule has 1 rings (SSSR count). The second-order valence-electron chi connectivity index (χ2n) is 2.73. The maximum atomic E-state index is 12.2. The van der Waals surface area contributed by atoms with E-state index in [2.05, 4.69) is 15.9 Å². The topological polar surface area (TPSA) is 17.1 Å². The molecule has 0 heterocycles. The Bertz CT molecular complexity index is 346. The third-order valence-electron chi connectivity index (χ3n) is 1.60. The van der Waals surface area contributed by atoms with Gasteiger partial charge in [-0.1, -0.05) is 18.2 Å². The molecule has 0 aliphatic carbocycles. The van der Waals surface area contributed by atoms with Gasteiger partial charge in [0.25, 0.3) is 0 Å². The second-order valence-corrected chi connectivity index (χ2v) is 3.61. The van der Waals surface area contributed by atoms with Crippen LogP contribution in [-0.4, -0.2) is 4.69 Å². The minimum atomic E-state index is -4.36. The van der Waals surface area contributed by atoms with Crippen LogP contribution in [0.25, 0.3) is 0 Å². The lowest BCUT2D eigenvalue weighted by Gasteiger charge is -2.07. The first-order valence-corrected chi connectivity index (χ1v) is 4.53. The van der Waals surface area contributed by atoms with Gasteiger partial charge in [-0.3, -0.25) is 4.79 Å². The normalized spacial score (nSPS) is 11.4. The van der Waals surface area contributed by atoms with Crippen LogP contribution in [-0.2, 0) is 17.4 Å². The summed E-state index contributed by atoms with van der Waals surface area (Å²) in [6.07, 6.45) is -4.39. The van der Waals surface area contributed by atoms with E-state index in [-0.39, 0.29) is 11.1 Å². The van der Waals surface area contributed by atoms with Gasteiger partial charge in [-0.2, -0.15) is 13.2 Å². The number of benzene rings is 1. The molecule has 76 valence electrons. The van der Waals surface area contributed by atoms with E-state index in [4.69, 9.17) is 0 Å². The van der Waals surface area contributed by atoms with E-state index in [0.717, 1.165) is 12.1 Å². The van der Waals surface area contributed by atoms with Gasteiger partial charge in [0.05, 0.1) is 5.56 Å². The van der Waals surface area contributed by atoms with Gasteiger partial charge in [-0.25, -0.2) is 0 Å². The van der Waals surface area contributed by atoms with Crippen molar-refractivity contribution in [2.75, 3.05) is 0 Å². The quantitative estimate of drug-likeness (QED) is 0.752. The van der Waals surface area contributed by atoms with E-state index in [1.54, 1.807) is 0 Å². The van der Waals surface area contributed by atoms with Crippen molar-refractivity contribution in [2.24, 2.45) is 0 Å². The van der Waals surface area contributed by atoms with Gasteiger partial charge in [-0.15, -0.1) is 0 Å². The van der Waals surface area contributed by atoms with Crippen LogP contribution in [0.2, 0.25) is 0 Å². The largest absolute Gasteiger partial charge is 0.416 e. The Morgan fingerprint density at radius 3 is 2.50 bits per heavy atom. The standard InChI is InChI=1S/C9H6BrF3O/c10-8(14)5-6-2-1-3-7(4-6)9(11,12)13/h1-4H,5H2. The fourth-order valence-electron chi connectivity index (χ4n) is 1.02. The van der Waals surface area contributed by atoms with Crippen LogP contribution >= 0.6 is 15.9 Å². The monoisotopic (exact) mass is 266 g/mol. The summed E-state index contributed by atoms with van der Waals surface area (Å²) in [5, 5.41) is 0. The Morgan fingerprint density at radius 1 is 1.36 bits per heavy atom. The Hall–Kier alpha value is -0.840. The minimum absolute atomic E-state index is 0.0378. The molecule has 5 heteroatoms. The van der Waals surface area contributed by atoms with E-state index in [1.165, 1.54) is 12.1 Å². The molecule has 0 atom stereocenters. The van der Waals surface area contributed by atoms with Gasteiger partial charge in [0.15, 0.2) is 0 Å². The molecule has 14 heavy (non-hydrogen) atoms. The van der Waals surface area contributed by atoms with Crippen molar-refractivity contribution in [3.8, 4) is 0 Å². The average Bonchev–Trinajstić information content (AvgIpc) is 2.01.